The van der Waals surface area contributed by atoms with Crippen molar-refractivity contribution in [3.8, 4) is 0 Å². The van der Waals surface area contributed by atoms with Gasteiger partial charge in [-0.1, -0.05) is 66.7 Å². The van der Waals surface area contributed by atoms with Crippen molar-refractivity contribution in [3.05, 3.63) is 96.6 Å². The molecule has 1 saturated carbocycles. The van der Waals surface area contributed by atoms with Gasteiger partial charge in [-0.15, -0.1) is 0 Å². The Hall–Kier alpha value is -3.40. The third-order valence-electron chi connectivity index (χ3n) is 5.12. The van der Waals surface area contributed by atoms with E-state index in [0.717, 1.165) is 11.3 Å². The molecule has 4 rings (SSSR count). The average molecular weight is 370 g/mol. The number of amides is 2. The van der Waals surface area contributed by atoms with Crippen molar-refractivity contribution in [2.24, 2.45) is 5.41 Å². The summed E-state index contributed by atoms with van der Waals surface area (Å²) >= 11 is 0. The van der Waals surface area contributed by atoms with Gasteiger partial charge in [0, 0.05) is 11.4 Å². The van der Waals surface area contributed by atoms with E-state index in [0.29, 0.717) is 25.1 Å². The number of para-hydroxylation sites is 2. The topological polar surface area (TPSA) is 49.4 Å². The first-order valence-electron chi connectivity index (χ1n) is 9.46. The normalized spacial score (nSPS) is 14.1. The van der Waals surface area contributed by atoms with E-state index in [-0.39, 0.29) is 11.8 Å². The number of carbonyl (C=O) groups is 2. The standard InChI is InChI=1S/C24H22N2O2/c27-22(25-20-12-6-2-7-13-20)24(16-17-24)23(28)26(21-14-8-3-9-15-21)18-19-10-4-1-5-11-19/h1-15H,16-18H2,(H,25,27). The second-order valence-corrected chi connectivity index (χ2v) is 7.11. The second kappa shape index (κ2) is 7.69. The summed E-state index contributed by atoms with van der Waals surface area (Å²) in [5.41, 5.74) is 1.55. The van der Waals surface area contributed by atoms with Crippen LogP contribution in [0.3, 0.4) is 0 Å². The molecule has 2 amide bonds. The molecule has 4 nitrogen and oxygen atoms in total. The Balaban J connectivity index is 1.60. The van der Waals surface area contributed by atoms with Crippen molar-refractivity contribution in [1.29, 1.82) is 0 Å². The number of hydrogen-bond donors (Lipinski definition) is 1. The average Bonchev–Trinajstić information content (AvgIpc) is 3.56. The summed E-state index contributed by atoms with van der Waals surface area (Å²) in [5, 5.41) is 2.91. The third-order valence-corrected chi connectivity index (χ3v) is 5.12. The highest BCUT2D eigenvalue weighted by atomic mass is 16.2. The minimum Gasteiger partial charge on any atom is -0.325 e. The van der Waals surface area contributed by atoms with Crippen LogP contribution in [-0.4, -0.2) is 11.8 Å². The molecule has 0 spiro atoms. The molecule has 4 heteroatoms. The van der Waals surface area contributed by atoms with Gasteiger partial charge in [0.25, 0.3) is 0 Å². The number of nitrogens with zero attached hydrogens (tertiary/aromatic N) is 1. The van der Waals surface area contributed by atoms with Crippen molar-refractivity contribution < 1.29 is 9.59 Å². The number of hydrogen-bond acceptors (Lipinski definition) is 2. The van der Waals surface area contributed by atoms with Crippen molar-refractivity contribution >= 4 is 23.2 Å². The Kier molecular flexibility index (Phi) is 4.94. The summed E-state index contributed by atoms with van der Waals surface area (Å²) in [6.45, 7) is 0.435. The Labute approximate surface area is 164 Å². The van der Waals surface area contributed by atoms with Gasteiger partial charge < -0.3 is 10.2 Å². The summed E-state index contributed by atoms with van der Waals surface area (Å²) in [5.74, 6) is -0.367. The molecule has 1 aliphatic rings. The SMILES string of the molecule is O=C(Nc1ccccc1)C1(C(=O)N(Cc2ccccc2)c2ccccc2)CC1. The van der Waals surface area contributed by atoms with Crippen molar-refractivity contribution in [2.45, 2.75) is 19.4 Å². The van der Waals surface area contributed by atoms with Crippen LogP contribution < -0.4 is 10.2 Å². The van der Waals surface area contributed by atoms with Gasteiger partial charge in [-0.05, 0) is 42.7 Å². The molecule has 28 heavy (non-hydrogen) atoms. The van der Waals surface area contributed by atoms with Crippen LogP contribution in [0.5, 0.6) is 0 Å². The molecule has 1 fully saturated rings. The number of rotatable bonds is 6. The fourth-order valence-electron chi connectivity index (χ4n) is 3.35. The van der Waals surface area contributed by atoms with E-state index >= 15 is 0 Å². The molecule has 0 atom stereocenters. The van der Waals surface area contributed by atoms with Gasteiger partial charge in [-0.25, -0.2) is 0 Å². The third kappa shape index (κ3) is 3.67. The lowest BCUT2D eigenvalue weighted by Crippen LogP contribution is -2.43. The zero-order valence-corrected chi connectivity index (χ0v) is 15.5. The van der Waals surface area contributed by atoms with E-state index in [1.54, 1.807) is 4.90 Å². The lowest BCUT2D eigenvalue weighted by Gasteiger charge is -2.27. The van der Waals surface area contributed by atoms with E-state index in [9.17, 15) is 9.59 Å². The lowest BCUT2D eigenvalue weighted by molar-refractivity contribution is -0.132. The lowest BCUT2D eigenvalue weighted by atomic mass is 10.0. The minimum absolute atomic E-state index is 0.143. The molecule has 0 radical (unpaired) electrons. The van der Waals surface area contributed by atoms with Crippen LogP contribution in [0.15, 0.2) is 91.0 Å². The summed E-state index contributed by atoms with van der Waals surface area (Å²) < 4.78 is 0. The maximum Gasteiger partial charge on any atom is 0.243 e. The van der Waals surface area contributed by atoms with E-state index in [1.807, 2.05) is 91.0 Å². The van der Waals surface area contributed by atoms with E-state index in [1.165, 1.54) is 0 Å². The molecule has 1 aliphatic carbocycles. The van der Waals surface area contributed by atoms with Crippen LogP contribution in [0.2, 0.25) is 0 Å². The fourth-order valence-corrected chi connectivity index (χ4v) is 3.35. The van der Waals surface area contributed by atoms with Crippen LogP contribution in [0.25, 0.3) is 0 Å². The van der Waals surface area contributed by atoms with Gasteiger partial charge in [0.2, 0.25) is 11.8 Å². The van der Waals surface area contributed by atoms with E-state index in [4.69, 9.17) is 0 Å². The number of benzene rings is 3. The molecule has 140 valence electrons. The van der Waals surface area contributed by atoms with Gasteiger partial charge in [0.1, 0.15) is 5.41 Å². The van der Waals surface area contributed by atoms with Crippen molar-refractivity contribution in [1.82, 2.24) is 0 Å². The second-order valence-electron chi connectivity index (χ2n) is 7.11. The quantitative estimate of drug-likeness (QED) is 0.643. The molecule has 0 aliphatic heterocycles. The van der Waals surface area contributed by atoms with Crippen LogP contribution in [0.1, 0.15) is 18.4 Å². The molecular weight excluding hydrogens is 348 g/mol. The molecule has 0 saturated heterocycles. The molecule has 3 aromatic rings. The summed E-state index contributed by atoms with van der Waals surface area (Å²) in [7, 11) is 0. The highest BCUT2D eigenvalue weighted by molar-refractivity contribution is 6.17. The predicted octanol–water partition coefficient (Wildman–Crippen LogP) is 4.64. The molecule has 0 bridgehead atoms. The van der Waals surface area contributed by atoms with Gasteiger partial charge in [0.05, 0.1) is 6.54 Å². The first-order chi connectivity index (χ1) is 13.7. The van der Waals surface area contributed by atoms with E-state index < -0.39 is 5.41 Å². The minimum atomic E-state index is -0.986. The van der Waals surface area contributed by atoms with Crippen LogP contribution in [0, 0.1) is 5.41 Å². The van der Waals surface area contributed by atoms with Gasteiger partial charge in [-0.2, -0.15) is 0 Å². The van der Waals surface area contributed by atoms with Crippen molar-refractivity contribution in [3.63, 3.8) is 0 Å². The Morgan fingerprint density at radius 3 is 1.89 bits per heavy atom. The Morgan fingerprint density at radius 2 is 1.32 bits per heavy atom. The van der Waals surface area contributed by atoms with Crippen LogP contribution >= 0.6 is 0 Å². The smallest absolute Gasteiger partial charge is 0.243 e. The number of nitrogens with one attached hydrogen (secondary N) is 1. The zero-order valence-electron chi connectivity index (χ0n) is 15.5. The predicted molar refractivity (Wildman–Crippen MR) is 111 cm³/mol. The number of anilines is 2. The van der Waals surface area contributed by atoms with Gasteiger partial charge in [0.15, 0.2) is 0 Å². The number of carbonyl (C=O) groups excluding carboxylic acids is 2. The van der Waals surface area contributed by atoms with Gasteiger partial charge >= 0.3 is 0 Å². The summed E-state index contributed by atoms with van der Waals surface area (Å²) in [4.78, 5) is 28.2. The molecule has 0 heterocycles. The monoisotopic (exact) mass is 370 g/mol. The zero-order chi connectivity index (χ0) is 19.4. The maximum absolute atomic E-state index is 13.5. The largest absolute Gasteiger partial charge is 0.325 e. The van der Waals surface area contributed by atoms with Crippen LogP contribution in [-0.2, 0) is 16.1 Å². The molecule has 1 N–H and O–H groups in total. The first-order valence-corrected chi connectivity index (χ1v) is 9.46. The molecule has 3 aromatic carbocycles. The molecular formula is C24H22N2O2. The van der Waals surface area contributed by atoms with Crippen LogP contribution in [0.4, 0.5) is 11.4 Å². The molecule has 0 unspecified atom stereocenters. The Morgan fingerprint density at radius 1 is 0.786 bits per heavy atom. The summed E-state index contributed by atoms with van der Waals surface area (Å²) in [6, 6.07) is 28.7. The highest BCUT2D eigenvalue weighted by Gasteiger charge is 2.58. The summed E-state index contributed by atoms with van der Waals surface area (Å²) in [6.07, 6.45) is 1.14. The highest BCUT2D eigenvalue weighted by Crippen LogP contribution is 2.49. The first kappa shape index (κ1) is 18.0. The van der Waals surface area contributed by atoms with Gasteiger partial charge in [-0.3, -0.25) is 9.59 Å². The maximum atomic E-state index is 13.5. The Bertz CT molecular complexity index is 952. The van der Waals surface area contributed by atoms with E-state index in [2.05, 4.69) is 5.32 Å². The fraction of sp³-hybridized carbons (Fsp3) is 0.167. The van der Waals surface area contributed by atoms with Crippen molar-refractivity contribution in [2.75, 3.05) is 10.2 Å². The molecule has 0 aromatic heterocycles.